The van der Waals surface area contributed by atoms with Crippen LogP contribution in [0.1, 0.15) is 12.5 Å². The second-order valence-electron chi connectivity index (χ2n) is 6.68. The first-order valence-corrected chi connectivity index (χ1v) is 9.93. The summed E-state index contributed by atoms with van der Waals surface area (Å²) < 4.78 is 21.6. The molecule has 0 aromatic heterocycles. The fraction of sp³-hybridized carbons (Fsp3) is 0.304. The number of nitrogens with one attached hydrogen (secondary N) is 1. The Hall–Kier alpha value is -3.68. The minimum Gasteiger partial charge on any atom is -0.493 e. The van der Waals surface area contributed by atoms with E-state index in [4.69, 9.17) is 18.9 Å². The van der Waals surface area contributed by atoms with E-state index in [0.29, 0.717) is 54.0 Å². The number of rotatable bonds is 8. The van der Waals surface area contributed by atoms with Crippen molar-refractivity contribution < 1.29 is 28.5 Å². The van der Waals surface area contributed by atoms with Gasteiger partial charge < -0.3 is 29.2 Å². The summed E-state index contributed by atoms with van der Waals surface area (Å²) in [4.78, 5) is 26.5. The smallest absolute Gasteiger partial charge is 0.247 e. The fourth-order valence-corrected chi connectivity index (χ4v) is 3.15. The first-order chi connectivity index (χ1) is 15.0. The van der Waals surface area contributed by atoms with Gasteiger partial charge >= 0.3 is 0 Å². The van der Waals surface area contributed by atoms with Crippen LogP contribution in [-0.4, -0.2) is 57.2 Å². The van der Waals surface area contributed by atoms with Crippen LogP contribution in [-0.2, 0) is 9.59 Å². The molecule has 0 bridgehead atoms. The van der Waals surface area contributed by atoms with Gasteiger partial charge in [0.15, 0.2) is 23.0 Å². The molecule has 8 nitrogen and oxygen atoms in total. The summed E-state index contributed by atoms with van der Waals surface area (Å²) in [5.41, 5.74) is 1.28. The normalized spacial score (nSPS) is 12.4. The van der Waals surface area contributed by atoms with Gasteiger partial charge in [0.05, 0.1) is 14.2 Å². The Labute approximate surface area is 181 Å². The van der Waals surface area contributed by atoms with E-state index in [9.17, 15) is 9.59 Å². The van der Waals surface area contributed by atoms with Gasteiger partial charge in [-0.1, -0.05) is 12.1 Å². The third kappa shape index (κ3) is 5.48. The molecule has 0 radical (unpaired) electrons. The Morgan fingerprint density at radius 2 is 1.87 bits per heavy atom. The Bertz CT molecular complexity index is 973. The maximum atomic E-state index is 12.6. The highest BCUT2D eigenvalue weighted by Gasteiger charge is 2.16. The minimum atomic E-state index is -0.306. The number of carbonyl (C=O) groups is 2. The van der Waals surface area contributed by atoms with Crippen LogP contribution in [0.3, 0.4) is 0 Å². The second-order valence-corrected chi connectivity index (χ2v) is 6.68. The maximum absolute atomic E-state index is 12.6. The van der Waals surface area contributed by atoms with Crippen molar-refractivity contribution in [3.63, 3.8) is 0 Å². The van der Waals surface area contributed by atoms with Gasteiger partial charge in [0.25, 0.3) is 0 Å². The first kappa shape index (κ1) is 22.0. The molecule has 31 heavy (non-hydrogen) atoms. The molecule has 1 heterocycles. The van der Waals surface area contributed by atoms with Gasteiger partial charge in [0, 0.05) is 29.9 Å². The van der Waals surface area contributed by atoms with Crippen LogP contribution in [0.5, 0.6) is 23.0 Å². The number of ether oxygens (including phenoxy) is 4. The van der Waals surface area contributed by atoms with Crippen molar-refractivity contribution in [2.45, 2.75) is 6.92 Å². The molecule has 0 unspecified atom stereocenters. The van der Waals surface area contributed by atoms with Crippen LogP contribution in [0, 0.1) is 0 Å². The van der Waals surface area contributed by atoms with Crippen molar-refractivity contribution in [1.82, 2.24) is 4.90 Å². The summed E-state index contributed by atoms with van der Waals surface area (Å²) in [5.74, 6) is 1.75. The molecule has 2 amide bonds. The number of nitrogens with zero attached hydrogens (tertiary/aromatic N) is 1. The molecule has 0 fully saturated rings. The standard InChI is InChI=1S/C23H26N2O6/c1-4-25(22(27)11-8-16-6-5-7-19(28-2)23(16)29-3)15-21(26)24-17-9-10-18-20(14-17)31-13-12-30-18/h5-11,14H,4,12-13,15H2,1-3H3,(H,24,26)/b11-8+. The molecular weight excluding hydrogens is 400 g/mol. The molecule has 2 aromatic carbocycles. The highest BCUT2D eigenvalue weighted by Crippen LogP contribution is 2.33. The number of likely N-dealkylation sites (N-methyl/N-ethyl adjacent to an activating group) is 1. The van der Waals surface area contributed by atoms with Crippen LogP contribution >= 0.6 is 0 Å². The molecule has 0 spiro atoms. The second kappa shape index (κ2) is 10.4. The molecule has 1 N–H and O–H groups in total. The van der Waals surface area contributed by atoms with E-state index in [-0.39, 0.29) is 18.4 Å². The fourth-order valence-electron chi connectivity index (χ4n) is 3.15. The molecule has 3 rings (SSSR count). The number of methoxy groups -OCH3 is 2. The topological polar surface area (TPSA) is 86.3 Å². The summed E-state index contributed by atoms with van der Waals surface area (Å²) in [7, 11) is 3.09. The molecule has 1 aliphatic rings. The number of hydrogen-bond donors (Lipinski definition) is 1. The van der Waals surface area contributed by atoms with Crippen molar-refractivity contribution >= 4 is 23.6 Å². The van der Waals surface area contributed by atoms with Crippen molar-refractivity contribution in [2.75, 3.05) is 45.8 Å². The van der Waals surface area contributed by atoms with E-state index >= 15 is 0 Å². The average molecular weight is 426 g/mol. The average Bonchev–Trinajstić information content (AvgIpc) is 2.80. The van der Waals surface area contributed by atoms with Gasteiger partial charge in [-0.15, -0.1) is 0 Å². The largest absolute Gasteiger partial charge is 0.493 e. The first-order valence-electron chi connectivity index (χ1n) is 9.93. The van der Waals surface area contributed by atoms with Crippen molar-refractivity contribution in [1.29, 1.82) is 0 Å². The molecule has 0 aliphatic carbocycles. The van der Waals surface area contributed by atoms with Gasteiger partial charge in [-0.25, -0.2) is 0 Å². The number of benzene rings is 2. The minimum absolute atomic E-state index is 0.0800. The Balaban J connectivity index is 1.63. The predicted molar refractivity (Wildman–Crippen MR) is 117 cm³/mol. The molecule has 1 aliphatic heterocycles. The number of carbonyl (C=O) groups excluding carboxylic acids is 2. The zero-order valence-electron chi connectivity index (χ0n) is 17.8. The molecule has 2 aromatic rings. The lowest BCUT2D eigenvalue weighted by Crippen LogP contribution is -2.36. The van der Waals surface area contributed by atoms with Crippen LogP contribution < -0.4 is 24.3 Å². The molecule has 0 saturated carbocycles. The summed E-state index contributed by atoms with van der Waals surface area (Å²) in [6.45, 7) is 3.08. The monoisotopic (exact) mass is 426 g/mol. The Morgan fingerprint density at radius 1 is 1.10 bits per heavy atom. The number of anilines is 1. The number of para-hydroxylation sites is 1. The van der Waals surface area contributed by atoms with Crippen molar-refractivity contribution in [3.05, 3.63) is 48.0 Å². The van der Waals surface area contributed by atoms with Gasteiger partial charge in [-0.05, 0) is 31.2 Å². The quantitative estimate of drug-likeness (QED) is 0.653. The van der Waals surface area contributed by atoms with E-state index in [0.717, 1.165) is 0 Å². The van der Waals surface area contributed by atoms with Gasteiger partial charge in [-0.3, -0.25) is 9.59 Å². The number of hydrogen-bond acceptors (Lipinski definition) is 6. The van der Waals surface area contributed by atoms with Crippen LogP contribution in [0.2, 0.25) is 0 Å². The zero-order valence-corrected chi connectivity index (χ0v) is 17.8. The van der Waals surface area contributed by atoms with Crippen molar-refractivity contribution in [2.24, 2.45) is 0 Å². The summed E-state index contributed by atoms with van der Waals surface area (Å²) in [5, 5.41) is 2.79. The van der Waals surface area contributed by atoms with Gasteiger partial charge in [-0.2, -0.15) is 0 Å². The Kier molecular flexibility index (Phi) is 7.37. The van der Waals surface area contributed by atoms with E-state index in [1.54, 1.807) is 37.5 Å². The van der Waals surface area contributed by atoms with Crippen LogP contribution in [0.4, 0.5) is 5.69 Å². The van der Waals surface area contributed by atoms with E-state index in [1.807, 2.05) is 19.1 Å². The van der Waals surface area contributed by atoms with Gasteiger partial charge in [0.1, 0.15) is 19.8 Å². The van der Waals surface area contributed by atoms with E-state index in [2.05, 4.69) is 5.32 Å². The number of amides is 2. The SMILES string of the molecule is CCN(CC(=O)Nc1ccc2c(c1)OCCO2)C(=O)/C=C/c1cccc(OC)c1OC. The molecule has 0 atom stereocenters. The van der Waals surface area contributed by atoms with E-state index < -0.39 is 0 Å². The van der Waals surface area contributed by atoms with Crippen molar-refractivity contribution in [3.8, 4) is 23.0 Å². The van der Waals surface area contributed by atoms with E-state index in [1.165, 1.54) is 18.1 Å². The lowest BCUT2D eigenvalue weighted by molar-refractivity contribution is -0.130. The van der Waals surface area contributed by atoms with Crippen LogP contribution in [0.25, 0.3) is 6.08 Å². The molecular formula is C23H26N2O6. The lowest BCUT2D eigenvalue weighted by Gasteiger charge is -2.20. The lowest BCUT2D eigenvalue weighted by atomic mass is 10.1. The maximum Gasteiger partial charge on any atom is 0.247 e. The summed E-state index contributed by atoms with van der Waals surface area (Å²) >= 11 is 0. The predicted octanol–water partition coefficient (Wildman–Crippen LogP) is 2.98. The van der Waals surface area contributed by atoms with Crippen LogP contribution in [0.15, 0.2) is 42.5 Å². The molecule has 164 valence electrons. The highest BCUT2D eigenvalue weighted by molar-refractivity contribution is 5.98. The van der Waals surface area contributed by atoms with Gasteiger partial charge in [0.2, 0.25) is 11.8 Å². The summed E-state index contributed by atoms with van der Waals surface area (Å²) in [6, 6.07) is 10.6. The highest BCUT2D eigenvalue weighted by atomic mass is 16.6. The third-order valence-corrected chi connectivity index (χ3v) is 4.69. The zero-order chi connectivity index (χ0) is 22.2. The Morgan fingerprint density at radius 3 is 2.58 bits per heavy atom. The summed E-state index contributed by atoms with van der Waals surface area (Å²) in [6.07, 6.45) is 3.06. The molecule has 8 heteroatoms. The number of fused-ring (bicyclic) bond motifs is 1. The third-order valence-electron chi connectivity index (χ3n) is 4.69. The molecule has 0 saturated heterocycles.